The Morgan fingerprint density at radius 2 is 2.06 bits per heavy atom. The van der Waals surface area contributed by atoms with Gasteiger partial charge in [0.1, 0.15) is 5.75 Å². The molecule has 0 aliphatic heterocycles. The molecule has 3 nitrogen and oxygen atoms in total. The first kappa shape index (κ1) is 14.0. The SMILES string of the molecule is CCNCC(N)c1ccc(C(C)C)cc1OC. The van der Waals surface area contributed by atoms with E-state index in [4.69, 9.17) is 10.5 Å². The molecule has 1 aromatic rings. The average molecular weight is 236 g/mol. The molecule has 1 unspecified atom stereocenters. The highest BCUT2D eigenvalue weighted by Crippen LogP contribution is 2.27. The fraction of sp³-hybridized carbons (Fsp3) is 0.571. The summed E-state index contributed by atoms with van der Waals surface area (Å²) in [5.41, 5.74) is 8.49. The van der Waals surface area contributed by atoms with Crippen LogP contribution in [-0.2, 0) is 0 Å². The van der Waals surface area contributed by atoms with Gasteiger partial charge < -0.3 is 15.8 Å². The lowest BCUT2D eigenvalue weighted by Gasteiger charge is -2.18. The number of benzene rings is 1. The van der Waals surface area contributed by atoms with E-state index in [2.05, 4.69) is 44.3 Å². The topological polar surface area (TPSA) is 47.3 Å². The van der Waals surface area contributed by atoms with Crippen LogP contribution in [-0.4, -0.2) is 20.2 Å². The third-order valence-electron chi connectivity index (χ3n) is 2.94. The summed E-state index contributed by atoms with van der Waals surface area (Å²) in [6.07, 6.45) is 0. The number of methoxy groups -OCH3 is 1. The van der Waals surface area contributed by atoms with E-state index in [1.807, 2.05) is 0 Å². The standard InChI is InChI=1S/C14H24N2O/c1-5-16-9-13(15)12-7-6-11(10(2)3)8-14(12)17-4/h6-8,10,13,16H,5,9,15H2,1-4H3. The van der Waals surface area contributed by atoms with Crippen molar-refractivity contribution in [3.05, 3.63) is 29.3 Å². The summed E-state index contributed by atoms with van der Waals surface area (Å²) in [5, 5.41) is 3.25. The fourth-order valence-corrected chi connectivity index (χ4v) is 1.80. The molecule has 0 heterocycles. The molecule has 3 heteroatoms. The molecule has 0 amide bonds. The zero-order valence-corrected chi connectivity index (χ0v) is 11.3. The van der Waals surface area contributed by atoms with Crippen molar-refractivity contribution in [1.29, 1.82) is 0 Å². The molecule has 0 aliphatic carbocycles. The van der Waals surface area contributed by atoms with Crippen LogP contribution >= 0.6 is 0 Å². The lowest BCUT2D eigenvalue weighted by atomic mass is 9.98. The minimum atomic E-state index is -0.0221. The van der Waals surface area contributed by atoms with Gasteiger partial charge in [0, 0.05) is 18.2 Å². The predicted molar refractivity (Wildman–Crippen MR) is 72.6 cm³/mol. The van der Waals surface area contributed by atoms with Crippen LogP contribution in [0.4, 0.5) is 0 Å². The van der Waals surface area contributed by atoms with Crippen LogP contribution in [0.2, 0.25) is 0 Å². The maximum absolute atomic E-state index is 6.14. The molecule has 0 radical (unpaired) electrons. The molecule has 0 saturated heterocycles. The van der Waals surface area contributed by atoms with Crippen molar-refractivity contribution in [2.75, 3.05) is 20.2 Å². The lowest BCUT2D eigenvalue weighted by Crippen LogP contribution is -2.27. The number of hydrogen-bond donors (Lipinski definition) is 2. The Kier molecular flexibility index (Phi) is 5.45. The molecule has 1 rings (SSSR count). The molecular formula is C14H24N2O. The van der Waals surface area contributed by atoms with Gasteiger partial charge in [-0.05, 0) is 24.1 Å². The first-order valence-electron chi connectivity index (χ1n) is 6.24. The molecule has 0 fully saturated rings. The van der Waals surface area contributed by atoms with E-state index in [9.17, 15) is 0 Å². The van der Waals surface area contributed by atoms with Crippen LogP contribution in [0.15, 0.2) is 18.2 Å². The first-order chi connectivity index (χ1) is 8.10. The Hall–Kier alpha value is -1.06. The van der Waals surface area contributed by atoms with E-state index in [-0.39, 0.29) is 6.04 Å². The maximum atomic E-state index is 6.14. The van der Waals surface area contributed by atoms with Crippen LogP contribution in [0, 0.1) is 0 Å². The van der Waals surface area contributed by atoms with Gasteiger partial charge in [0.05, 0.1) is 7.11 Å². The summed E-state index contributed by atoms with van der Waals surface area (Å²) in [7, 11) is 1.70. The molecule has 3 N–H and O–H groups in total. The highest BCUT2D eigenvalue weighted by atomic mass is 16.5. The number of likely N-dealkylation sites (N-methyl/N-ethyl adjacent to an activating group) is 1. The summed E-state index contributed by atoms with van der Waals surface area (Å²) in [6.45, 7) is 8.12. The van der Waals surface area contributed by atoms with Gasteiger partial charge in [0.25, 0.3) is 0 Å². The van der Waals surface area contributed by atoms with E-state index in [0.29, 0.717) is 5.92 Å². The Morgan fingerprint density at radius 1 is 1.35 bits per heavy atom. The van der Waals surface area contributed by atoms with Gasteiger partial charge in [-0.1, -0.05) is 32.9 Å². The molecule has 1 aromatic carbocycles. The molecular weight excluding hydrogens is 212 g/mol. The van der Waals surface area contributed by atoms with Crippen LogP contribution in [0.3, 0.4) is 0 Å². The summed E-state index contributed by atoms with van der Waals surface area (Å²) in [4.78, 5) is 0. The molecule has 0 bridgehead atoms. The molecule has 0 aromatic heterocycles. The van der Waals surface area contributed by atoms with Gasteiger partial charge >= 0.3 is 0 Å². The number of rotatable bonds is 6. The Balaban J connectivity index is 2.91. The molecule has 17 heavy (non-hydrogen) atoms. The Morgan fingerprint density at radius 3 is 2.59 bits per heavy atom. The van der Waals surface area contributed by atoms with Crippen LogP contribution < -0.4 is 15.8 Å². The molecule has 0 aliphatic rings. The quantitative estimate of drug-likeness (QED) is 0.797. The number of nitrogens with two attached hydrogens (primary N) is 1. The molecule has 1 atom stereocenters. The number of nitrogens with one attached hydrogen (secondary N) is 1. The fourth-order valence-electron chi connectivity index (χ4n) is 1.80. The Bertz CT molecular complexity index is 350. The smallest absolute Gasteiger partial charge is 0.123 e. The van der Waals surface area contributed by atoms with Crippen LogP contribution in [0.5, 0.6) is 5.75 Å². The van der Waals surface area contributed by atoms with Gasteiger partial charge in [-0.15, -0.1) is 0 Å². The largest absolute Gasteiger partial charge is 0.496 e. The van der Waals surface area contributed by atoms with E-state index >= 15 is 0 Å². The summed E-state index contributed by atoms with van der Waals surface area (Å²) in [6, 6.07) is 6.28. The van der Waals surface area contributed by atoms with E-state index in [1.165, 1.54) is 5.56 Å². The zero-order valence-electron chi connectivity index (χ0n) is 11.3. The maximum Gasteiger partial charge on any atom is 0.123 e. The van der Waals surface area contributed by atoms with Gasteiger partial charge in [0.2, 0.25) is 0 Å². The van der Waals surface area contributed by atoms with Crippen molar-refractivity contribution in [2.24, 2.45) is 5.73 Å². The molecule has 96 valence electrons. The lowest BCUT2D eigenvalue weighted by molar-refractivity contribution is 0.403. The Labute approximate surface area is 104 Å². The first-order valence-corrected chi connectivity index (χ1v) is 6.24. The summed E-state index contributed by atoms with van der Waals surface area (Å²) >= 11 is 0. The predicted octanol–water partition coefficient (Wildman–Crippen LogP) is 2.43. The third kappa shape index (κ3) is 3.72. The minimum absolute atomic E-state index is 0.0221. The second-order valence-corrected chi connectivity index (χ2v) is 4.57. The van der Waals surface area contributed by atoms with Crippen molar-refractivity contribution in [2.45, 2.75) is 32.7 Å². The van der Waals surface area contributed by atoms with E-state index < -0.39 is 0 Å². The average Bonchev–Trinajstić information content (AvgIpc) is 2.34. The van der Waals surface area contributed by atoms with Crippen LogP contribution in [0.1, 0.15) is 43.9 Å². The summed E-state index contributed by atoms with van der Waals surface area (Å²) in [5.74, 6) is 1.39. The van der Waals surface area contributed by atoms with Gasteiger partial charge in [-0.3, -0.25) is 0 Å². The van der Waals surface area contributed by atoms with Crippen molar-refractivity contribution in [1.82, 2.24) is 5.32 Å². The van der Waals surface area contributed by atoms with Crippen molar-refractivity contribution in [3.63, 3.8) is 0 Å². The van der Waals surface area contributed by atoms with Crippen molar-refractivity contribution >= 4 is 0 Å². The van der Waals surface area contributed by atoms with E-state index in [1.54, 1.807) is 7.11 Å². The zero-order chi connectivity index (χ0) is 12.8. The van der Waals surface area contributed by atoms with Crippen LogP contribution in [0.25, 0.3) is 0 Å². The monoisotopic (exact) mass is 236 g/mol. The minimum Gasteiger partial charge on any atom is -0.496 e. The summed E-state index contributed by atoms with van der Waals surface area (Å²) < 4.78 is 5.43. The molecule has 0 saturated carbocycles. The van der Waals surface area contributed by atoms with Gasteiger partial charge in [-0.2, -0.15) is 0 Å². The highest BCUT2D eigenvalue weighted by molar-refractivity contribution is 5.40. The molecule has 0 spiro atoms. The van der Waals surface area contributed by atoms with Gasteiger partial charge in [-0.25, -0.2) is 0 Å². The third-order valence-corrected chi connectivity index (χ3v) is 2.94. The highest BCUT2D eigenvalue weighted by Gasteiger charge is 2.12. The second kappa shape index (κ2) is 6.62. The number of ether oxygens (including phenoxy) is 1. The second-order valence-electron chi connectivity index (χ2n) is 4.57. The van der Waals surface area contributed by atoms with Gasteiger partial charge in [0.15, 0.2) is 0 Å². The van der Waals surface area contributed by atoms with Crippen molar-refractivity contribution < 1.29 is 4.74 Å². The van der Waals surface area contributed by atoms with E-state index in [0.717, 1.165) is 24.4 Å². The van der Waals surface area contributed by atoms with Crippen molar-refractivity contribution in [3.8, 4) is 5.75 Å². The number of hydrogen-bond acceptors (Lipinski definition) is 3. The normalized spacial score (nSPS) is 12.8.